The lowest BCUT2D eigenvalue weighted by atomic mass is 10.1. The zero-order chi connectivity index (χ0) is 28.1. The maximum Gasteiger partial charge on any atom is 0.0710 e. The number of para-hydroxylation sites is 4. The molecule has 0 aliphatic rings. The molecule has 0 fully saturated rings. The van der Waals surface area contributed by atoms with Crippen LogP contribution < -0.4 is 0 Å². The Morgan fingerprint density at radius 3 is 1.67 bits per heavy atom. The third-order valence-corrected chi connectivity index (χ3v) is 9.24. The summed E-state index contributed by atoms with van der Waals surface area (Å²) in [5, 5.41) is 10.0. The van der Waals surface area contributed by atoms with E-state index in [1.165, 1.54) is 70.8 Å². The topological polar surface area (TPSA) is 25.6 Å². The number of hydrogen-bond donors (Lipinski definition) is 1. The number of rotatable bonds is 2. The van der Waals surface area contributed by atoms with Gasteiger partial charge in [0.1, 0.15) is 0 Å². The van der Waals surface area contributed by atoms with Crippen LogP contribution in [-0.4, -0.2) is 14.1 Å². The zero-order valence-corrected chi connectivity index (χ0v) is 23.3. The monoisotopic (exact) mass is 547 g/mol. The van der Waals surface area contributed by atoms with E-state index in [0.717, 1.165) is 16.7 Å². The summed E-state index contributed by atoms with van der Waals surface area (Å²) in [5.74, 6) is 0. The molecule has 0 radical (unpaired) electrons. The van der Waals surface area contributed by atoms with Gasteiger partial charge in [-0.05, 0) is 41.8 Å². The SMILES string of the molecule is c1ccc2c(c1)ccc1c3ccccc3n(-c3cccc4c3[nH]c3cccc(-n5c6ccccc6c6ccccc65)c34)c21. The second-order valence-corrected chi connectivity index (χ2v) is 11.4. The number of fused-ring (bicyclic) bond motifs is 11. The molecular formula is C40H25N3. The second-order valence-electron chi connectivity index (χ2n) is 11.4. The first-order valence-electron chi connectivity index (χ1n) is 14.8. The van der Waals surface area contributed by atoms with Crippen LogP contribution in [0.1, 0.15) is 0 Å². The maximum atomic E-state index is 3.88. The molecule has 10 rings (SSSR count). The van der Waals surface area contributed by atoms with Gasteiger partial charge in [0.25, 0.3) is 0 Å². The highest BCUT2D eigenvalue weighted by molar-refractivity contribution is 6.21. The van der Waals surface area contributed by atoms with Crippen LogP contribution in [0.3, 0.4) is 0 Å². The summed E-state index contributed by atoms with van der Waals surface area (Å²) in [6.45, 7) is 0. The van der Waals surface area contributed by atoms with E-state index in [2.05, 4.69) is 160 Å². The standard InChI is InChI=1S/C40H25N3/c1-2-12-26-25(11-1)23-24-30-29-15-5-8-20-35(29)43(40(26)30)37-22-9-16-31-38-32(41-39(31)37)17-10-21-36(38)42-33-18-6-3-13-27(33)28-14-4-7-19-34(28)42/h1-24,41H. The number of benzene rings is 7. The van der Waals surface area contributed by atoms with Gasteiger partial charge in [-0.25, -0.2) is 0 Å². The molecule has 10 aromatic rings. The van der Waals surface area contributed by atoms with Crippen LogP contribution in [0.2, 0.25) is 0 Å². The van der Waals surface area contributed by atoms with Crippen LogP contribution in [0.4, 0.5) is 0 Å². The van der Waals surface area contributed by atoms with Crippen molar-refractivity contribution in [1.29, 1.82) is 0 Å². The van der Waals surface area contributed by atoms with E-state index in [-0.39, 0.29) is 0 Å². The molecule has 3 aromatic heterocycles. The van der Waals surface area contributed by atoms with Crippen LogP contribution in [0.15, 0.2) is 146 Å². The molecule has 0 unspecified atom stereocenters. The molecule has 43 heavy (non-hydrogen) atoms. The molecule has 1 N–H and O–H groups in total. The van der Waals surface area contributed by atoms with Gasteiger partial charge in [0, 0.05) is 43.2 Å². The van der Waals surface area contributed by atoms with Crippen molar-refractivity contribution in [3.05, 3.63) is 146 Å². The first kappa shape index (κ1) is 22.8. The van der Waals surface area contributed by atoms with Crippen molar-refractivity contribution in [2.45, 2.75) is 0 Å². The highest BCUT2D eigenvalue weighted by Crippen LogP contribution is 2.41. The summed E-state index contributed by atoms with van der Waals surface area (Å²) in [4.78, 5) is 3.88. The summed E-state index contributed by atoms with van der Waals surface area (Å²) < 4.78 is 4.89. The van der Waals surface area contributed by atoms with E-state index in [1.54, 1.807) is 0 Å². The summed E-state index contributed by atoms with van der Waals surface area (Å²) in [6.07, 6.45) is 0. The third kappa shape index (κ3) is 2.98. The average molecular weight is 548 g/mol. The zero-order valence-electron chi connectivity index (χ0n) is 23.3. The van der Waals surface area contributed by atoms with Crippen LogP contribution in [0.25, 0.3) is 87.6 Å². The van der Waals surface area contributed by atoms with Crippen molar-refractivity contribution in [2.75, 3.05) is 0 Å². The number of aromatic nitrogens is 3. The summed E-state index contributed by atoms with van der Waals surface area (Å²) in [5.41, 5.74) is 9.51. The quantitative estimate of drug-likeness (QED) is 0.223. The maximum absolute atomic E-state index is 3.88. The van der Waals surface area contributed by atoms with Crippen molar-refractivity contribution in [2.24, 2.45) is 0 Å². The first-order valence-corrected chi connectivity index (χ1v) is 14.8. The first-order chi connectivity index (χ1) is 21.4. The Balaban J connectivity index is 1.36. The highest BCUT2D eigenvalue weighted by atomic mass is 15.0. The number of H-pyrrole nitrogens is 1. The van der Waals surface area contributed by atoms with Gasteiger partial charge >= 0.3 is 0 Å². The Bertz CT molecular complexity index is 2680. The van der Waals surface area contributed by atoms with Crippen LogP contribution in [-0.2, 0) is 0 Å². The summed E-state index contributed by atoms with van der Waals surface area (Å²) >= 11 is 0. The Morgan fingerprint density at radius 1 is 0.372 bits per heavy atom. The van der Waals surface area contributed by atoms with Crippen molar-refractivity contribution in [3.63, 3.8) is 0 Å². The predicted octanol–water partition coefficient (Wildman–Crippen LogP) is 10.7. The van der Waals surface area contributed by atoms with Crippen LogP contribution in [0, 0.1) is 0 Å². The largest absolute Gasteiger partial charge is 0.353 e. The molecular weight excluding hydrogens is 522 g/mol. The lowest BCUT2D eigenvalue weighted by Gasteiger charge is -2.12. The van der Waals surface area contributed by atoms with E-state index >= 15 is 0 Å². The van der Waals surface area contributed by atoms with E-state index in [9.17, 15) is 0 Å². The van der Waals surface area contributed by atoms with Gasteiger partial charge in [-0.15, -0.1) is 0 Å². The fourth-order valence-corrected chi connectivity index (χ4v) is 7.48. The minimum absolute atomic E-state index is 1.13. The normalized spacial score (nSPS) is 12.2. The molecule has 0 saturated heterocycles. The van der Waals surface area contributed by atoms with Crippen molar-refractivity contribution in [1.82, 2.24) is 14.1 Å². The molecule has 3 nitrogen and oxygen atoms in total. The molecule has 0 aliphatic carbocycles. The van der Waals surface area contributed by atoms with Gasteiger partial charge in [-0.2, -0.15) is 0 Å². The van der Waals surface area contributed by atoms with Crippen LogP contribution in [0.5, 0.6) is 0 Å². The van der Waals surface area contributed by atoms with Crippen molar-refractivity contribution in [3.8, 4) is 11.4 Å². The Kier molecular flexibility index (Phi) is 4.45. The molecule has 0 saturated carbocycles. The number of nitrogens with one attached hydrogen (secondary N) is 1. The van der Waals surface area contributed by atoms with E-state index < -0.39 is 0 Å². The molecule has 0 atom stereocenters. The fraction of sp³-hybridized carbons (Fsp3) is 0. The Labute approximate surface area is 246 Å². The third-order valence-electron chi connectivity index (χ3n) is 9.24. The van der Waals surface area contributed by atoms with Crippen molar-refractivity contribution >= 4 is 76.2 Å². The Hall–Kier alpha value is -5.80. The molecule has 3 heteroatoms. The molecule has 0 aliphatic heterocycles. The van der Waals surface area contributed by atoms with Crippen LogP contribution >= 0.6 is 0 Å². The van der Waals surface area contributed by atoms with E-state index in [4.69, 9.17) is 0 Å². The number of hydrogen-bond acceptors (Lipinski definition) is 0. The molecule has 0 amide bonds. The van der Waals surface area contributed by atoms with Gasteiger partial charge in [-0.1, -0.05) is 109 Å². The highest BCUT2D eigenvalue weighted by Gasteiger charge is 2.20. The molecule has 0 spiro atoms. The number of aromatic amines is 1. The predicted molar refractivity (Wildman–Crippen MR) is 182 cm³/mol. The van der Waals surface area contributed by atoms with Gasteiger partial charge in [0.05, 0.1) is 39.0 Å². The van der Waals surface area contributed by atoms with Gasteiger partial charge in [-0.3, -0.25) is 0 Å². The lowest BCUT2D eigenvalue weighted by Crippen LogP contribution is -1.96. The molecule has 0 bridgehead atoms. The van der Waals surface area contributed by atoms with E-state index in [0.29, 0.717) is 0 Å². The smallest absolute Gasteiger partial charge is 0.0710 e. The van der Waals surface area contributed by atoms with Gasteiger partial charge in [0.15, 0.2) is 0 Å². The number of nitrogens with zero attached hydrogens (tertiary/aromatic N) is 2. The van der Waals surface area contributed by atoms with Gasteiger partial charge in [0.2, 0.25) is 0 Å². The van der Waals surface area contributed by atoms with E-state index in [1.807, 2.05) is 0 Å². The molecule has 200 valence electrons. The lowest BCUT2D eigenvalue weighted by molar-refractivity contribution is 1.20. The summed E-state index contributed by atoms with van der Waals surface area (Å²) in [7, 11) is 0. The minimum atomic E-state index is 1.13. The Morgan fingerprint density at radius 2 is 0.930 bits per heavy atom. The second kappa shape index (κ2) is 8.37. The van der Waals surface area contributed by atoms with Gasteiger partial charge < -0.3 is 14.1 Å². The average Bonchev–Trinajstić information content (AvgIpc) is 3.73. The summed E-state index contributed by atoms with van der Waals surface area (Å²) in [6, 6.07) is 52.9. The van der Waals surface area contributed by atoms with Crippen molar-refractivity contribution < 1.29 is 0 Å². The fourth-order valence-electron chi connectivity index (χ4n) is 7.48. The minimum Gasteiger partial charge on any atom is -0.353 e. The molecule has 7 aromatic carbocycles. The molecule has 3 heterocycles.